The first kappa shape index (κ1) is 11.9. The smallest absolute Gasteiger partial charge is 0.219 e. The van der Waals surface area contributed by atoms with Crippen LogP contribution >= 0.6 is 0 Å². The SMILES string of the molecule is CC(=O)N1CCN([C@@H]2CCC[C@@H](C)C2)CC1. The van der Waals surface area contributed by atoms with Crippen LogP contribution in [0.1, 0.15) is 39.5 Å². The van der Waals surface area contributed by atoms with E-state index in [0.29, 0.717) is 0 Å². The Hall–Kier alpha value is -0.570. The average molecular weight is 224 g/mol. The molecule has 0 bridgehead atoms. The summed E-state index contributed by atoms with van der Waals surface area (Å²) in [6.07, 6.45) is 5.52. The fraction of sp³-hybridized carbons (Fsp3) is 0.923. The van der Waals surface area contributed by atoms with Crippen molar-refractivity contribution in [3.63, 3.8) is 0 Å². The van der Waals surface area contributed by atoms with Gasteiger partial charge in [0.15, 0.2) is 0 Å². The van der Waals surface area contributed by atoms with E-state index >= 15 is 0 Å². The molecular formula is C13H24N2O. The molecular weight excluding hydrogens is 200 g/mol. The number of nitrogens with zero attached hydrogens (tertiary/aromatic N) is 2. The van der Waals surface area contributed by atoms with Gasteiger partial charge in [-0.15, -0.1) is 0 Å². The van der Waals surface area contributed by atoms with Crippen molar-refractivity contribution in [2.24, 2.45) is 5.92 Å². The predicted molar refractivity (Wildman–Crippen MR) is 65.2 cm³/mol. The summed E-state index contributed by atoms with van der Waals surface area (Å²) in [4.78, 5) is 15.8. The van der Waals surface area contributed by atoms with Crippen molar-refractivity contribution in [2.45, 2.75) is 45.6 Å². The lowest BCUT2D eigenvalue weighted by molar-refractivity contribution is -0.131. The van der Waals surface area contributed by atoms with E-state index in [9.17, 15) is 4.79 Å². The van der Waals surface area contributed by atoms with E-state index in [1.807, 2.05) is 4.90 Å². The summed E-state index contributed by atoms with van der Waals surface area (Å²) < 4.78 is 0. The molecule has 0 aromatic rings. The van der Waals surface area contributed by atoms with Gasteiger partial charge in [0, 0.05) is 39.1 Å². The highest BCUT2D eigenvalue weighted by Gasteiger charge is 2.27. The Kier molecular flexibility index (Phi) is 3.85. The first-order chi connectivity index (χ1) is 7.66. The van der Waals surface area contributed by atoms with Gasteiger partial charge < -0.3 is 4.90 Å². The zero-order chi connectivity index (χ0) is 11.5. The standard InChI is InChI=1S/C13H24N2O/c1-11-4-3-5-13(10-11)15-8-6-14(7-9-15)12(2)16/h11,13H,3-10H2,1-2H3/t11-,13-/m1/s1. The Morgan fingerprint density at radius 3 is 2.38 bits per heavy atom. The van der Waals surface area contributed by atoms with Crippen molar-refractivity contribution in [1.82, 2.24) is 9.80 Å². The molecule has 0 aromatic carbocycles. The minimum Gasteiger partial charge on any atom is -0.340 e. The first-order valence-electron chi connectivity index (χ1n) is 6.66. The van der Waals surface area contributed by atoms with E-state index in [1.165, 1.54) is 25.7 Å². The fourth-order valence-corrected chi connectivity index (χ4v) is 3.14. The number of hydrogen-bond donors (Lipinski definition) is 0. The highest BCUT2D eigenvalue weighted by Crippen LogP contribution is 2.27. The van der Waals surface area contributed by atoms with Gasteiger partial charge in [-0.3, -0.25) is 9.69 Å². The lowest BCUT2D eigenvalue weighted by Gasteiger charge is -2.41. The summed E-state index contributed by atoms with van der Waals surface area (Å²) in [5.41, 5.74) is 0. The van der Waals surface area contributed by atoms with E-state index in [1.54, 1.807) is 6.92 Å². The Morgan fingerprint density at radius 1 is 1.12 bits per heavy atom. The Bertz CT molecular complexity index is 246. The maximum Gasteiger partial charge on any atom is 0.219 e. The third-order valence-corrected chi connectivity index (χ3v) is 4.18. The van der Waals surface area contributed by atoms with Crippen molar-refractivity contribution < 1.29 is 4.79 Å². The van der Waals surface area contributed by atoms with Crippen LogP contribution in [-0.2, 0) is 4.79 Å². The average Bonchev–Trinajstić information content (AvgIpc) is 2.29. The van der Waals surface area contributed by atoms with Gasteiger partial charge in [0.1, 0.15) is 0 Å². The number of carbonyl (C=O) groups is 1. The first-order valence-corrected chi connectivity index (χ1v) is 6.66. The molecule has 16 heavy (non-hydrogen) atoms. The topological polar surface area (TPSA) is 23.6 Å². The number of carbonyl (C=O) groups excluding carboxylic acids is 1. The quantitative estimate of drug-likeness (QED) is 0.677. The molecule has 1 aliphatic heterocycles. The van der Waals surface area contributed by atoms with Crippen LogP contribution in [-0.4, -0.2) is 47.9 Å². The van der Waals surface area contributed by atoms with E-state index in [0.717, 1.165) is 38.1 Å². The van der Waals surface area contributed by atoms with E-state index in [4.69, 9.17) is 0 Å². The molecule has 2 fully saturated rings. The number of piperazine rings is 1. The maximum atomic E-state index is 11.2. The van der Waals surface area contributed by atoms with Crippen molar-refractivity contribution >= 4 is 5.91 Å². The molecule has 2 atom stereocenters. The predicted octanol–water partition coefficient (Wildman–Crippen LogP) is 1.73. The normalized spacial score (nSPS) is 32.8. The minimum atomic E-state index is 0.233. The zero-order valence-corrected chi connectivity index (χ0v) is 10.6. The van der Waals surface area contributed by atoms with Gasteiger partial charge in [-0.05, 0) is 18.8 Å². The van der Waals surface area contributed by atoms with Gasteiger partial charge in [-0.2, -0.15) is 0 Å². The molecule has 1 heterocycles. The lowest BCUT2D eigenvalue weighted by Crippen LogP contribution is -2.52. The molecule has 0 spiro atoms. The molecule has 92 valence electrons. The largest absolute Gasteiger partial charge is 0.340 e. The Balaban J connectivity index is 1.81. The molecule has 0 radical (unpaired) electrons. The molecule has 1 amide bonds. The molecule has 2 aliphatic rings. The van der Waals surface area contributed by atoms with Gasteiger partial charge in [-0.1, -0.05) is 19.8 Å². The minimum absolute atomic E-state index is 0.233. The maximum absolute atomic E-state index is 11.2. The van der Waals surface area contributed by atoms with Crippen molar-refractivity contribution in [3.8, 4) is 0 Å². The summed E-state index contributed by atoms with van der Waals surface area (Å²) in [6, 6.07) is 0.790. The third kappa shape index (κ3) is 2.76. The van der Waals surface area contributed by atoms with Crippen LogP contribution < -0.4 is 0 Å². The fourth-order valence-electron chi connectivity index (χ4n) is 3.14. The molecule has 0 aromatic heterocycles. The molecule has 1 aliphatic carbocycles. The summed E-state index contributed by atoms with van der Waals surface area (Å²) >= 11 is 0. The van der Waals surface area contributed by atoms with Gasteiger partial charge >= 0.3 is 0 Å². The second-order valence-electron chi connectivity index (χ2n) is 5.47. The molecule has 3 heteroatoms. The van der Waals surface area contributed by atoms with Crippen molar-refractivity contribution in [3.05, 3.63) is 0 Å². The van der Waals surface area contributed by atoms with Crippen LogP contribution in [0.3, 0.4) is 0 Å². The highest BCUT2D eigenvalue weighted by atomic mass is 16.2. The van der Waals surface area contributed by atoms with Gasteiger partial charge in [0.05, 0.1) is 0 Å². The van der Waals surface area contributed by atoms with Gasteiger partial charge in [0.2, 0.25) is 5.91 Å². The zero-order valence-electron chi connectivity index (χ0n) is 10.6. The summed E-state index contributed by atoms with van der Waals surface area (Å²) in [7, 11) is 0. The molecule has 3 nitrogen and oxygen atoms in total. The lowest BCUT2D eigenvalue weighted by atomic mass is 9.86. The van der Waals surface area contributed by atoms with Crippen LogP contribution in [0.4, 0.5) is 0 Å². The van der Waals surface area contributed by atoms with Crippen molar-refractivity contribution in [1.29, 1.82) is 0 Å². The third-order valence-electron chi connectivity index (χ3n) is 4.18. The molecule has 2 rings (SSSR count). The van der Waals surface area contributed by atoms with E-state index in [-0.39, 0.29) is 5.91 Å². The van der Waals surface area contributed by atoms with Crippen LogP contribution in [0.15, 0.2) is 0 Å². The van der Waals surface area contributed by atoms with Crippen LogP contribution in [0.5, 0.6) is 0 Å². The van der Waals surface area contributed by atoms with Gasteiger partial charge in [0.25, 0.3) is 0 Å². The monoisotopic (exact) mass is 224 g/mol. The summed E-state index contributed by atoms with van der Waals surface area (Å²) in [5.74, 6) is 1.13. The second-order valence-corrected chi connectivity index (χ2v) is 5.47. The molecule has 1 saturated carbocycles. The molecule has 1 saturated heterocycles. The number of hydrogen-bond acceptors (Lipinski definition) is 2. The van der Waals surface area contributed by atoms with Crippen LogP contribution in [0.25, 0.3) is 0 Å². The van der Waals surface area contributed by atoms with Crippen molar-refractivity contribution in [2.75, 3.05) is 26.2 Å². The molecule has 0 unspecified atom stereocenters. The summed E-state index contributed by atoms with van der Waals surface area (Å²) in [6.45, 7) is 8.07. The van der Waals surface area contributed by atoms with Crippen LogP contribution in [0.2, 0.25) is 0 Å². The number of rotatable bonds is 1. The summed E-state index contributed by atoms with van der Waals surface area (Å²) in [5, 5.41) is 0. The van der Waals surface area contributed by atoms with E-state index < -0.39 is 0 Å². The van der Waals surface area contributed by atoms with E-state index in [2.05, 4.69) is 11.8 Å². The second kappa shape index (κ2) is 5.17. The van der Waals surface area contributed by atoms with Gasteiger partial charge in [-0.25, -0.2) is 0 Å². The Labute approximate surface area is 98.8 Å². The van der Waals surface area contributed by atoms with Crippen LogP contribution in [0, 0.1) is 5.92 Å². The highest BCUT2D eigenvalue weighted by molar-refractivity contribution is 5.73. The number of amides is 1. The Morgan fingerprint density at radius 2 is 1.81 bits per heavy atom. The molecule has 0 N–H and O–H groups in total.